The number of nitrogens with zero attached hydrogens (tertiary/aromatic N) is 2. The van der Waals surface area contributed by atoms with Gasteiger partial charge in [0.1, 0.15) is 0 Å². The Morgan fingerprint density at radius 2 is 2.14 bits per heavy atom. The predicted octanol–water partition coefficient (Wildman–Crippen LogP) is 1.79. The first-order chi connectivity index (χ1) is 10.1. The zero-order valence-corrected chi connectivity index (χ0v) is 12.2. The Bertz CT molecular complexity index is 511. The molecule has 1 fully saturated rings. The molecule has 1 aromatic heterocycles. The van der Waals surface area contributed by atoms with Gasteiger partial charge in [0.2, 0.25) is 0 Å². The Morgan fingerprint density at radius 3 is 2.76 bits per heavy atom. The van der Waals surface area contributed by atoms with Crippen LogP contribution in [0.3, 0.4) is 0 Å². The highest BCUT2D eigenvalue weighted by atomic mass is 16.4. The highest BCUT2D eigenvalue weighted by Crippen LogP contribution is 2.20. The number of hydrogen-bond acceptors (Lipinski definition) is 3. The third kappa shape index (κ3) is 4.44. The highest BCUT2D eigenvalue weighted by Gasteiger charge is 2.24. The molecule has 2 amide bonds. The molecule has 0 bridgehead atoms. The number of hydrogen-bond donors (Lipinski definition) is 2. The van der Waals surface area contributed by atoms with Gasteiger partial charge in [-0.05, 0) is 37.3 Å². The minimum Gasteiger partial charge on any atom is -0.481 e. The maximum atomic E-state index is 12.1. The molecule has 0 saturated carbocycles. The second kappa shape index (κ2) is 7.06. The maximum absolute atomic E-state index is 12.1. The van der Waals surface area contributed by atoms with Gasteiger partial charge >= 0.3 is 12.0 Å². The number of aryl methyl sites for hydroxylation is 1. The summed E-state index contributed by atoms with van der Waals surface area (Å²) in [6.45, 7) is 3.61. The van der Waals surface area contributed by atoms with Gasteiger partial charge in [0, 0.05) is 25.7 Å². The first-order valence-electron chi connectivity index (χ1n) is 7.21. The van der Waals surface area contributed by atoms with E-state index in [2.05, 4.69) is 10.3 Å². The zero-order chi connectivity index (χ0) is 15.2. The molecule has 1 aliphatic rings. The number of pyridine rings is 1. The van der Waals surface area contributed by atoms with Gasteiger partial charge in [0.05, 0.1) is 12.2 Å². The monoisotopic (exact) mass is 291 g/mol. The number of likely N-dealkylation sites (tertiary alicyclic amines) is 1. The van der Waals surface area contributed by atoms with Crippen LogP contribution in [0.25, 0.3) is 0 Å². The van der Waals surface area contributed by atoms with Gasteiger partial charge in [-0.15, -0.1) is 0 Å². The number of carbonyl (C=O) groups is 2. The van der Waals surface area contributed by atoms with Crippen LogP contribution in [0, 0.1) is 12.8 Å². The summed E-state index contributed by atoms with van der Waals surface area (Å²) >= 11 is 0. The maximum Gasteiger partial charge on any atom is 0.317 e. The van der Waals surface area contributed by atoms with Crippen molar-refractivity contribution in [3.05, 3.63) is 29.6 Å². The van der Waals surface area contributed by atoms with Gasteiger partial charge in [0.15, 0.2) is 0 Å². The molecule has 21 heavy (non-hydrogen) atoms. The number of nitrogens with one attached hydrogen (secondary N) is 1. The second-order valence-electron chi connectivity index (χ2n) is 5.45. The van der Waals surface area contributed by atoms with Crippen LogP contribution in [0.5, 0.6) is 0 Å². The number of carbonyl (C=O) groups excluding carboxylic acids is 1. The van der Waals surface area contributed by atoms with Crippen molar-refractivity contribution in [1.82, 2.24) is 15.2 Å². The van der Waals surface area contributed by atoms with E-state index in [9.17, 15) is 9.59 Å². The van der Waals surface area contributed by atoms with E-state index in [0.717, 1.165) is 24.1 Å². The quantitative estimate of drug-likeness (QED) is 0.886. The molecule has 114 valence electrons. The Hall–Kier alpha value is -2.11. The van der Waals surface area contributed by atoms with Crippen molar-refractivity contribution in [2.24, 2.45) is 5.92 Å². The van der Waals surface area contributed by atoms with Crippen molar-refractivity contribution in [3.8, 4) is 0 Å². The molecule has 2 N–H and O–H groups in total. The summed E-state index contributed by atoms with van der Waals surface area (Å²) in [5.41, 5.74) is 1.92. The second-order valence-corrected chi connectivity index (χ2v) is 5.45. The molecule has 6 heteroatoms. The van der Waals surface area contributed by atoms with Crippen molar-refractivity contribution in [1.29, 1.82) is 0 Å². The average Bonchev–Trinajstić information content (AvgIpc) is 2.46. The Morgan fingerprint density at radius 1 is 1.43 bits per heavy atom. The van der Waals surface area contributed by atoms with Crippen molar-refractivity contribution < 1.29 is 14.7 Å². The molecular formula is C15H21N3O3. The Kier molecular flexibility index (Phi) is 5.14. The fraction of sp³-hybridized carbons (Fsp3) is 0.533. The van der Waals surface area contributed by atoms with Crippen LogP contribution in [0.4, 0.5) is 4.79 Å². The predicted molar refractivity (Wildman–Crippen MR) is 77.8 cm³/mol. The Labute approximate surface area is 124 Å². The number of urea groups is 1. The molecule has 1 aromatic rings. The highest BCUT2D eigenvalue weighted by molar-refractivity contribution is 5.74. The molecule has 2 rings (SSSR count). The molecule has 0 radical (unpaired) electrons. The van der Waals surface area contributed by atoms with Crippen LogP contribution in [0.1, 0.15) is 30.5 Å². The first kappa shape index (κ1) is 15.3. The number of amides is 2. The smallest absolute Gasteiger partial charge is 0.317 e. The van der Waals surface area contributed by atoms with Crippen LogP contribution >= 0.6 is 0 Å². The minimum atomic E-state index is -0.761. The van der Waals surface area contributed by atoms with Gasteiger partial charge in [-0.3, -0.25) is 9.78 Å². The summed E-state index contributed by atoms with van der Waals surface area (Å²) in [5.74, 6) is -0.576. The lowest BCUT2D eigenvalue weighted by Crippen LogP contribution is -2.44. The number of carboxylic acid groups (broad SMARTS) is 1. The van der Waals surface area contributed by atoms with E-state index in [1.54, 1.807) is 11.1 Å². The zero-order valence-electron chi connectivity index (χ0n) is 12.2. The van der Waals surface area contributed by atoms with E-state index in [-0.39, 0.29) is 18.4 Å². The Balaban J connectivity index is 1.77. The van der Waals surface area contributed by atoms with Crippen LogP contribution < -0.4 is 5.32 Å². The molecule has 1 aliphatic heterocycles. The van der Waals surface area contributed by atoms with E-state index in [1.807, 2.05) is 19.1 Å². The van der Waals surface area contributed by atoms with Gasteiger partial charge < -0.3 is 15.3 Å². The molecule has 0 aromatic carbocycles. The average molecular weight is 291 g/mol. The fourth-order valence-corrected chi connectivity index (χ4v) is 2.56. The topological polar surface area (TPSA) is 82.5 Å². The van der Waals surface area contributed by atoms with E-state index < -0.39 is 5.97 Å². The summed E-state index contributed by atoms with van der Waals surface area (Å²) in [7, 11) is 0. The fourth-order valence-electron chi connectivity index (χ4n) is 2.56. The normalized spacial score (nSPS) is 15.8. The van der Waals surface area contributed by atoms with Crippen LogP contribution in [0.2, 0.25) is 0 Å². The number of rotatable bonds is 4. The van der Waals surface area contributed by atoms with Gasteiger partial charge in [-0.25, -0.2) is 4.79 Å². The summed E-state index contributed by atoms with van der Waals surface area (Å²) in [4.78, 5) is 28.7. The van der Waals surface area contributed by atoms with Crippen molar-refractivity contribution in [2.45, 2.75) is 32.7 Å². The van der Waals surface area contributed by atoms with Crippen LogP contribution in [0.15, 0.2) is 18.3 Å². The number of aliphatic carboxylic acids is 1. The number of aromatic nitrogens is 1. The lowest BCUT2D eigenvalue weighted by atomic mass is 9.94. The molecule has 0 aliphatic carbocycles. The SMILES string of the molecule is Cc1cccnc1CNC(=O)N1CCC(CC(=O)O)CC1. The number of piperidine rings is 1. The minimum absolute atomic E-state index is 0.103. The molecule has 0 unspecified atom stereocenters. The molecule has 6 nitrogen and oxygen atoms in total. The van der Waals surface area contributed by atoms with Crippen LogP contribution in [-0.2, 0) is 11.3 Å². The van der Waals surface area contributed by atoms with Crippen molar-refractivity contribution >= 4 is 12.0 Å². The molecule has 0 spiro atoms. The van der Waals surface area contributed by atoms with E-state index in [1.165, 1.54) is 0 Å². The van der Waals surface area contributed by atoms with Gasteiger partial charge in [0.25, 0.3) is 0 Å². The molecule has 1 saturated heterocycles. The largest absolute Gasteiger partial charge is 0.481 e. The van der Waals surface area contributed by atoms with Crippen LogP contribution in [-0.4, -0.2) is 40.1 Å². The first-order valence-corrected chi connectivity index (χ1v) is 7.21. The molecule has 0 atom stereocenters. The summed E-state index contributed by atoms with van der Waals surface area (Å²) in [6.07, 6.45) is 3.42. The lowest BCUT2D eigenvalue weighted by molar-refractivity contribution is -0.138. The van der Waals surface area contributed by atoms with Crippen molar-refractivity contribution in [2.75, 3.05) is 13.1 Å². The molecule has 2 heterocycles. The summed E-state index contributed by atoms with van der Waals surface area (Å²) in [5, 5.41) is 11.7. The lowest BCUT2D eigenvalue weighted by Gasteiger charge is -2.31. The third-order valence-electron chi connectivity index (χ3n) is 3.89. The van der Waals surface area contributed by atoms with E-state index in [0.29, 0.717) is 19.6 Å². The van der Waals surface area contributed by atoms with Gasteiger partial charge in [-0.2, -0.15) is 0 Å². The van der Waals surface area contributed by atoms with E-state index >= 15 is 0 Å². The van der Waals surface area contributed by atoms with E-state index in [4.69, 9.17) is 5.11 Å². The molecular weight excluding hydrogens is 270 g/mol. The third-order valence-corrected chi connectivity index (χ3v) is 3.89. The standard InChI is InChI=1S/C15H21N3O3/c1-11-3-2-6-16-13(11)10-17-15(21)18-7-4-12(5-8-18)9-14(19)20/h2-3,6,12H,4-5,7-10H2,1H3,(H,17,21)(H,19,20). The van der Waals surface area contributed by atoms with Gasteiger partial charge in [-0.1, -0.05) is 6.07 Å². The summed E-state index contributed by atoms with van der Waals surface area (Å²) < 4.78 is 0. The van der Waals surface area contributed by atoms with Crippen molar-refractivity contribution in [3.63, 3.8) is 0 Å². The summed E-state index contributed by atoms with van der Waals surface area (Å²) in [6, 6.07) is 3.73. The number of carboxylic acids is 1.